The van der Waals surface area contributed by atoms with Gasteiger partial charge < -0.3 is 15.0 Å². The molecule has 3 rings (SSSR count). The van der Waals surface area contributed by atoms with Gasteiger partial charge in [-0.3, -0.25) is 4.79 Å². The summed E-state index contributed by atoms with van der Waals surface area (Å²) in [5.41, 5.74) is 2.58. The van der Waals surface area contributed by atoms with E-state index in [-0.39, 0.29) is 12.5 Å². The number of ether oxygens (including phenoxy) is 1. The minimum Gasteiger partial charge on any atom is -0.451 e. The first-order chi connectivity index (χ1) is 12.5. The minimum atomic E-state index is -0.471. The van der Waals surface area contributed by atoms with Crippen molar-refractivity contribution in [2.45, 2.75) is 6.92 Å². The first kappa shape index (κ1) is 17.9. The Labute approximate surface area is 156 Å². The lowest BCUT2D eigenvalue weighted by Crippen LogP contribution is -2.20. The van der Waals surface area contributed by atoms with Crippen LogP contribution >= 0.6 is 11.3 Å². The van der Waals surface area contributed by atoms with E-state index in [4.69, 9.17) is 4.74 Å². The number of thiophene rings is 1. The number of esters is 1. The molecule has 1 N–H and O–H groups in total. The maximum Gasteiger partial charge on any atom is 0.349 e. The van der Waals surface area contributed by atoms with Crippen LogP contribution in [0.15, 0.2) is 48.5 Å². The second kappa shape index (κ2) is 7.58. The number of nitrogens with one attached hydrogen (secondary N) is 1. The van der Waals surface area contributed by atoms with Crippen LogP contribution < -0.4 is 10.2 Å². The van der Waals surface area contributed by atoms with E-state index in [1.807, 2.05) is 74.4 Å². The number of benzene rings is 2. The van der Waals surface area contributed by atoms with Crippen molar-refractivity contribution in [3.05, 3.63) is 59.0 Å². The average Bonchev–Trinajstić information content (AvgIpc) is 2.97. The zero-order valence-corrected chi connectivity index (χ0v) is 15.7. The minimum absolute atomic E-state index is 0.318. The zero-order chi connectivity index (χ0) is 18.7. The lowest BCUT2D eigenvalue weighted by atomic mass is 10.1. The monoisotopic (exact) mass is 368 g/mol. The molecule has 0 saturated carbocycles. The highest BCUT2D eigenvalue weighted by Gasteiger charge is 2.17. The maximum atomic E-state index is 12.3. The fourth-order valence-corrected chi connectivity index (χ4v) is 3.71. The predicted molar refractivity (Wildman–Crippen MR) is 106 cm³/mol. The number of fused-ring (bicyclic) bond motifs is 1. The van der Waals surface area contributed by atoms with E-state index in [9.17, 15) is 9.59 Å². The summed E-state index contributed by atoms with van der Waals surface area (Å²) in [6.07, 6.45) is 0. The standard InChI is InChI=1S/C20H20N2O3S/c1-13-16-6-4-5-7-17(16)26-19(13)20(24)25-12-18(23)21-14-8-10-15(11-9-14)22(2)3/h4-11H,12H2,1-3H3,(H,21,23). The number of amides is 1. The summed E-state index contributed by atoms with van der Waals surface area (Å²) in [5, 5.41) is 3.76. The Morgan fingerprint density at radius 2 is 1.77 bits per heavy atom. The Kier molecular flexibility index (Phi) is 5.23. The van der Waals surface area contributed by atoms with Gasteiger partial charge in [0.2, 0.25) is 0 Å². The van der Waals surface area contributed by atoms with Gasteiger partial charge in [-0.25, -0.2) is 4.79 Å². The van der Waals surface area contributed by atoms with Crippen LogP contribution in [0.5, 0.6) is 0 Å². The van der Waals surface area contributed by atoms with Crippen molar-refractivity contribution in [1.82, 2.24) is 0 Å². The molecule has 0 saturated heterocycles. The molecule has 5 nitrogen and oxygen atoms in total. The van der Waals surface area contributed by atoms with Gasteiger partial charge in [-0.1, -0.05) is 18.2 Å². The first-order valence-electron chi connectivity index (χ1n) is 8.18. The van der Waals surface area contributed by atoms with Crippen LogP contribution in [0.2, 0.25) is 0 Å². The normalized spacial score (nSPS) is 10.6. The highest BCUT2D eigenvalue weighted by atomic mass is 32.1. The summed E-state index contributed by atoms with van der Waals surface area (Å²) in [4.78, 5) is 26.9. The van der Waals surface area contributed by atoms with Crippen molar-refractivity contribution in [1.29, 1.82) is 0 Å². The Balaban J connectivity index is 1.60. The van der Waals surface area contributed by atoms with E-state index in [1.165, 1.54) is 11.3 Å². The lowest BCUT2D eigenvalue weighted by molar-refractivity contribution is -0.119. The van der Waals surface area contributed by atoms with Gasteiger partial charge in [-0.2, -0.15) is 0 Å². The molecule has 0 radical (unpaired) electrons. The topological polar surface area (TPSA) is 58.6 Å². The van der Waals surface area contributed by atoms with Crippen molar-refractivity contribution in [2.24, 2.45) is 0 Å². The molecular formula is C20H20N2O3S. The summed E-state index contributed by atoms with van der Waals surface area (Å²) in [6.45, 7) is 1.57. The summed E-state index contributed by atoms with van der Waals surface area (Å²) in [6, 6.07) is 15.2. The Bertz CT molecular complexity index is 945. The molecule has 0 fully saturated rings. The molecule has 1 amide bonds. The lowest BCUT2D eigenvalue weighted by Gasteiger charge is -2.13. The number of carbonyl (C=O) groups is 2. The molecule has 0 atom stereocenters. The van der Waals surface area contributed by atoms with Crippen molar-refractivity contribution in [3.63, 3.8) is 0 Å². The van der Waals surface area contributed by atoms with Crippen molar-refractivity contribution >= 4 is 44.7 Å². The van der Waals surface area contributed by atoms with Crippen LogP contribution in [0, 0.1) is 6.92 Å². The quantitative estimate of drug-likeness (QED) is 0.690. The number of rotatable bonds is 5. The summed E-state index contributed by atoms with van der Waals surface area (Å²) >= 11 is 1.38. The predicted octanol–water partition coefficient (Wildman–Crippen LogP) is 4.07. The molecule has 1 heterocycles. The van der Waals surface area contributed by atoms with Crippen LogP contribution in [0.4, 0.5) is 11.4 Å². The molecule has 2 aromatic carbocycles. The fourth-order valence-electron chi connectivity index (χ4n) is 2.61. The summed E-state index contributed by atoms with van der Waals surface area (Å²) in [7, 11) is 3.89. The number of hydrogen-bond acceptors (Lipinski definition) is 5. The Hall–Kier alpha value is -2.86. The van der Waals surface area contributed by atoms with Crippen LogP contribution in [0.1, 0.15) is 15.2 Å². The first-order valence-corrected chi connectivity index (χ1v) is 9.00. The smallest absolute Gasteiger partial charge is 0.349 e. The van der Waals surface area contributed by atoms with Crippen LogP contribution in [0.25, 0.3) is 10.1 Å². The molecule has 0 spiro atoms. The molecular weight excluding hydrogens is 348 g/mol. The van der Waals surface area contributed by atoms with Crippen molar-refractivity contribution in [3.8, 4) is 0 Å². The van der Waals surface area contributed by atoms with Crippen LogP contribution in [-0.4, -0.2) is 32.6 Å². The van der Waals surface area contributed by atoms with Gasteiger partial charge in [0.25, 0.3) is 5.91 Å². The average molecular weight is 368 g/mol. The number of nitrogens with zero attached hydrogens (tertiary/aromatic N) is 1. The van der Waals surface area contributed by atoms with Gasteiger partial charge in [0.05, 0.1) is 0 Å². The van der Waals surface area contributed by atoms with Gasteiger partial charge in [0, 0.05) is 30.2 Å². The third-order valence-corrected chi connectivity index (χ3v) is 5.28. The molecule has 0 bridgehead atoms. The molecule has 3 aromatic rings. The van der Waals surface area contributed by atoms with E-state index < -0.39 is 5.97 Å². The maximum absolute atomic E-state index is 12.3. The molecule has 134 valence electrons. The number of carbonyl (C=O) groups excluding carboxylic acids is 2. The number of hydrogen-bond donors (Lipinski definition) is 1. The Morgan fingerprint density at radius 3 is 2.42 bits per heavy atom. The third kappa shape index (κ3) is 3.86. The highest BCUT2D eigenvalue weighted by Crippen LogP contribution is 2.30. The molecule has 1 aromatic heterocycles. The third-order valence-electron chi connectivity index (χ3n) is 4.03. The highest BCUT2D eigenvalue weighted by molar-refractivity contribution is 7.21. The fraction of sp³-hybridized carbons (Fsp3) is 0.200. The molecule has 6 heteroatoms. The van der Waals surface area contributed by atoms with Crippen LogP contribution in [0.3, 0.4) is 0 Å². The Morgan fingerprint density at radius 1 is 1.08 bits per heavy atom. The van der Waals surface area contributed by atoms with Gasteiger partial charge >= 0.3 is 5.97 Å². The van der Waals surface area contributed by atoms with E-state index in [0.717, 1.165) is 21.3 Å². The van der Waals surface area contributed by atoms with Crippen molar-refractivity contribution in [2.75, 3.05) is 30.9 Å². The van der Waals surface area contributed by atoms with Crippen molar-refractivity contribution < 1.29 is 14.3 Å². The van der Waals surface area contributed by atoms with Gasteiger partial charge in [-0.05, 0) is 48.2 Å². The molecule has 0 aliphatic rings. The van der Waals surface area contributed by atoms with E-state index in [2.05, 4.69) is 5.32 Å². The summed E-state index contributed by atoms with van der Waals surface area (Å²) in [5.74, 6) is -0.837. The van der Waals surface area contributed by atoms with Gasteiger partial charge in [0.1, 0.15) is 4.88 Å². The largest absolute Gasteiger partial charge is 0.451 e. The molecule has 0 aliphatic heterocycles. The number of anilines is 2. The SMILES string of the molecule is Cc1c(C(=O)OCC(=O)Nc2ccc(N(C)C)cc2)sc2ccccc12. The van der Waals surface area contributed by atoms with E-state index in [0.29, 0.717) is 10.6 Å². The second-order valence-electron chi connectivity index (χ2n) is 6.12. The van der Waals surface area contributed by atoms with Crippen LogP contribution in [-0.2, 0) is 9.53 Å². The van der Waals surface area contributed by atoms with E-state index >= 15 is 0 Å². The molecule has 0 unspecified atom stereocenters. The number of aryl methyl sites for hydroxylation is 1. The van der Waals surface area contributed by atoms with E-state index in [1.54, 1.807) is 0 Å². The molecule has 0 aliphatic carbocycles. The van der Waals surface area contributed by atoms with Gasteiger partial charge in [-0.15, -0.1) is 11.3 Å². The van der Waals surface area contributed by atoms with Gasteiger partial charge in [0.15, 0.2) is 6.61 Å². The zero-order valence-electron chi connectivity index (χ0n) is 14.9. The summed E-state index contributed by atoms with van der Waals surface area (Å²) < 4.78 is 6.22. The second-order valence-corrected chi connectivity index (χ2v) is 7.17. The molecule has 26 heavy (non-hydrogen) atoms.